The summed E-state index contributed by atoms with van der Waals surface area (Å²) in [5, 5.41) is 17.3. The molecule has 0 saturated heterocycles. The summed E-state index contributed by atoms with van der Waals surface area (Å²) in [6, 6.07) is 4.76. The molecule has 1 atom stereocenters. The third-order valence-electron chi connectivity index (χ3n) is 4.58. The van der Waals surface area contributed by atoms with E-state index in [1.165, 1.54) is 18.9 Å². The van der Waals surface area contributed by atoms with E-state index in [1.54, 1.807) is 12.1 Å². The number of fused-ring (bicyclic) bond motifs is 1. The molecule has 0 spiro atoms. The van der Waals surface area contributed by atoms with Crippen molar-refractivity contribution in [1.82, 2.24) is 15.6 Å². The maximum atomic E-state index is 13.5. The number of guanidine groups is 1. The van der Waals surface area contributed by atoms with E-state index in [0.717, 1.165) is 36.0 Å². The summed E-state index contributed by atoms with van der Waals surface area (Å²) in [7, 11) is 0. The van der Waals surface area contributed by atoms with Gasteiger partial charge in [0.15, 0.2) is 5.96 Å². The molecule has 148 valence electrons. The first-order chi connectivity index (χ1) is 13.2. The summed E-state index contributed by atoms with van der Waals surface area (Å²) in [5.74, 6) is 1.12. The van der Waals surface area contributed by atoms with Gasteiger partial charge in [0.1, 0.15) is 5.82 Å². The quantitative estimate of drug-likeness (QED) is 0.378. The molecule has 1 saturated carbocycles. The minimum absolute atomic E-state index is 0.232. The Morgan fingerprint density at radius 3 is 3.04 bits per heavy atom. The Morgan fingerprint density at radius 2 is 2.26 bits per heavy atom. The number of benzene rings is 1. The summed E-state index contributed by atoms with van der Waals surface area (Å²) < 4.78 is 19.0. The van der Waals surface area contributed by atoms with Crippen molar-refractivity contribution in [3.8, 4) is 0 Å². The zero-order chi connectivity index (χ0) is 19.1. The van der Waals surface area contributed by atoms with Gasteiger partial charge in [0.2, 0.25) is 0 Å². The number of halogens is 1. The second kappa shape index (κ2) is 9.71. The standard InChI is InChI=1S/C20H29FN4O2/c1-2-22-20(25-11-17(26)13-27-12-14-3-4-14)23-8-7-15-10-24-19-6-5-16(21)9-18(15)19/h5-6,9-10,14,17,24,26H,2-4,7-8,11-13H2,1H3,(H2,22,23,25). The van der Waals surface area contributed by atoms with Gasteiger partial charge < -0.3 is 25.5 Å². The van der Waals surface area contributed by atoms with Crippen LogP contribution in [-0.4, -0.2) is 55.0 Å². The Kier molecular flexibility index (Phi) is 7.06. The lowest BCUT2D eigenvalue weighted by molar-refractivity contribution is 0.0368. The normalized spacial score (nSPS) is 15.9. The molecule has 2 aromatic rings. The topological polar surface area (TPSA) is 81.7 Å². The van der Waals surface area contributed by atoms with E-state index in [2.05, 4.69) is 20.6 Å². The van der Waals surface area contributed by atoms with Crippen LogP contribution in [0.5, 0.6) is 0 Å². The fourth-order valence-electron chi connectivity index (χ4n) is 2.92. The van der Waals surface area contributed by atoms with Crippen LogP contribution in [0.4, 0.5) is 4.39 Å². The van der Waals surface area contributed by atoms with Crippen molar-refractivity contribution in [2.45, 2.75) is 32.3 Å². The van der Waals surface area contributed by atoms with E-state index in [-0.39, 0.29) is 12.4 Å². The molecule has 1 aliphatic rings. The number of nitrogens with zero attached hydrogens (tertiary/aromatic N) is 1. The smallest absolute Gasteiger partial charge is 0.191 e. The predicted octanol–water partition coefficient (Wildman–Crippen LogP) is 2.19. The molecular formula is C20H29FN4O2. The van der Waals surface area contributed by atoms with Crippen molar-refractivity contribution in [2.24, 2.45) is 10.9 Å². The first kappa shape index (κ1) is 19.6. The van der Waals surface area contributed by atoms with E-state index in [0.29, 0.717) is 25.0 Å². The number of aliphatic hydroxyl groups is 1. The van der Waals surface area contributed by atoms with Crippen molar-refractivity contribution >= 4 is 16.9 Å². The van der Waals surface area contributed by atoms with Crippen LogP contribution in [0.15, 0.2) is 29.4 Å². The number of nitrogens with one attached hydrogen (secondary N) is 3. The second-order valence-corrected chi connectivity index (χ2v) is 7.03. The van der Waals surface area contributed by atoms with Gasteiger partial charge in [-0.2, -0.15) is 0 Å². The molecule has 7 heteroatoms. The lowest BCUT2D eigenvalue weighted by atomic mass is 10.1. The molecule has 1 aromatic carbocycles. The number of H-pyrrole nitrogens is 1. The van der Waals surface area contributed by atoms with Gasteiger partial charge in [-0.3, -0.25) is 4.99 Å². The molecule has 0 aliphatic heterocycles. The zero-order valence-corrected chi connectivity index (χ0v) is 15.8. The highest BCUT2D eigenvalue weighted by molar-refractivity contribution is 5.83. The van der Waals surface area contributed by atoms with E-state index in [4.69, 9.17) is 4.74 Å². The molecule has 1 aliphatic carbocycles. The number of ether oxygens (including phenoxy) is 1. The summed E-state index contributed by atoms with van der Waals surface area (Å²) in [5.41, 5.74) is 1.99. The highest BCUT2D eigenvalue weighted by Crippen LogP contribution is 2.28. The highest BCUT2D eigenvalue weighted by Gasteiger charge is 2.21. The number of hydrogen-bond donors (Lipinski definition) is 4. The van der Waals surface area contributed by atoms with E-state index in [1.807, 2.05) is 13.1 Å². The number of rotatable bonds is 10. The van der Waals surface area contributed by atoms with Crippen LogP contribution in [0.25, 0.3) is 10.9 Å². The second-order valence-electron chi connectivity index (χ2n) is 7.03. The molecule has 0 radical (unpaired) electrons. The van der Waals surface area contributed by atoms with E-state index >= 15 is 0 Å². The van der Waals surface area contributed by atoms with Crippen LogP contribution < -0.4 is 10.6 Å². The fraction of sp³-hybridized carbons (Fsp3) is 0.550. The largest absolute Gasteiger partial charge is 0.389 e. The van der Waals surface area contributed by atoms with Gasteiger partial charge in [0, 0.05) is 36.8 Å². The SMILES string of the molecule is CCNC(=NCC(O)COCC1CC1)NCCc1c[nH]c2ccc(F)cc12. The molecule has 1 unspecified atom stereocenters. The third kappa shape index (κ3) is 6.22. The van der Waals surface area contributed by atoms with Crippen molar-refractivity contribution in [3.05, 3.63) is 35.8 Å². The predicted molar refractivity (Wildman–Crippen MR) is 105 cm³/mol. The molecule has 27 heavy (non-hydrogen) atoms. The highest BCUT2D eigenvalue weighted by atomic mass is 19.1. The molecule has 0 bridgehead atoms. The van der Waals surface area contributed by atoms with E-state index in [9.17, 15) is 9.50 Å². The van der Waals surface area contributed by atoms with E-state index < -0.39 is 6.10 Å². The first-order valence-corrected chi connectivity index (χ1v) is 9.69. The van der Waals surface area contributed by atoms with Gasteiger partial charge in [0.25, 0.3) is 0 Å². The van der Waals surface area contributed by atoms with Crippen molar-refractivity contribution in [1.29, 1.82) is 0 Å². The average Bonchev–Trinajstić information content (AvgIpc) is 3.39. The number of aliphatic imine (C=N–C) groups is 1. The van der Waals surface area contributed by atoms with Crippen molar-refractivity contribution in [2.75, 3.05) is 32.8 Å². The molecule has 4 N–H and O–H groups in total. The number of aromatic nitrogens is 1. The number of hydrogen-bond acceptors (Lipinski definition) is 3. The minimum atomic E-state index is -0.601. The number of aromatic amines is 1. The Bertz CT molecular complexity index is 758. The Labute approximate surface area is 159 Å². The van der Waals surface area contributed by atoms with Gasteiger partial charge in [-0.15, -0.1) is 0 Å². The monoisotopic (exact) mass is 376 g/mol. The average molecular weight is 376 g/mol. The van der Waals surface area contributed by atoms with Gasteiger partial charge in [0.05, 0.1) is 19.3 Å². The Morgan fingerprint density at radius 1 is 1.41 bits per heavy atom. The molecule has 0 amide bonds. The molecule has 1 aromatic heterocycles. The Hall–Kier alpha value is -2.12. The number of aliphatic hydroxyl groups excluding tert-OH is 1. The third-order valence-corrected chi connectivity index (χ3v) is 4.58. The Balaban J connectivity index is 1.45. The molecule has 3 rings (SSSR count). The maximum Gasteiger partial charge on any atom is 0.191 e. The maximum absolute atomic E-state index is 13.5. The van der Waals surface area contributed by atoms with Crippen molar-refractivity contribution < 1.29 is 14.2 Å². The van der Waals surface area contributed by atoms with Crippen LogP contribution in [0.1, 0.15) is 25.3 Å². The van der Waals surface area contributed by atoms with Gasteiger partial charge in [-0.1, -0.05) is 0 Å². The lowest BCUT2D eigenvalue weighted by Crippen LogP contribution is -2.39. The summed E-state index contributed by atoms with van der Waals surface area (Å²) in [6.45, 7) is 4.74. The summed E-state index contributed by atoms with van der Waals surface area (Å²) >= 11 is 0. The first-order valence-electron chi connectivity index (χ1n) is 9.69. The van der Waals surface area contributed by atoms with Crippen LogP contribution in [0, 0.1) is 11.7 Å². The van der Waals surface area contributed by atoms with Gasteiger partial charge in [-0.25, -0.2) is 4.39 Å². The molecule has 1 fully saturated rings. The van der Waals surface area contributed by atoms with Crippen LogP contribution >= 0.6 is 0 Å². The zero-order valence-electron chi connectivity index (χ0n) is 15.8. The van der Waals surface area contributed by atoms with Gasteiger partial charge in [-0.05, 0) is 55.9 Å². The summed E-state index contributed by atoms with van der Waals surface area (Å²) in [4.78, 5) is 7.58. The van der Waals surface area contributed by atoms with Gasteiger partial charge >= 0.3 is 0 Å². The molecule has 6 nitrogen and oxygen atoms in total. The van der Waals surface area contributed by atoms with Crippen LogP contribution in [-0.2, 0) is 11.2 Å². The van der Waals surface area contributed by atoms with Crippen LogP contribution in [0.2, 0.25) is 0 Å². The molecular weight excluding hydrogens is 347 g/mol. The fourth-order valence-corrected chi connectivity index (χ4v) is 2.92. The van der Waals surface area contributed by atoms with Crippen molar-refractivity contribution in [3.63, 3.8) is 0 Å². The lowest BCUT2D eigenvalue weighted by Gasteiger charge is -2.13. The summed E-state index contributed by atoms with van der Waals surface area (Å²) in [6.07, 6.45) is 4.53. The minimum Gasteiger partial charge on any atom is -0.389 e. The van der Waals surface area contributed by atoms with Crippen LogP contribution in [0.3, 0.4) is 0 Å². The molecule has 1 heterocycles.